The van der Waals surface area contributed by atoms with Crippen LogP contribution in [0.2, 0.25) is 0 Å². The summed E-state index contributed by atoms with van der Waals surface area (Å²) in [6.45, 7) is 6.13. The molecule has 0 aliphatic heterocycles. The summed E-state index contributed by atoms with van der Waals surface area (Å²) >= 11 is 3.57. The molecule has 1 rings (SSSR count). The number of hydrogen-bond acceptors (Lipinski definition) is 2. The minimum absolute atomic E-state index is 0.779. The number of unbranched alkanes of at least 4 members (excludes halogenated alkanes) is 18. The zero-order chi connectivity index (χ0) is 23.8. The first-order chi connectivity index (χ1) is 16.3. The molecule has 0 heterocycles. The molecular weight excluding hydrogens is 472 g/mol. The van der Waals surface area contributed by atoms with Gasteiger partial charge in [-0.15, -0.1) is 0 Å². The van der Waals surface area contributed by atoms with Crippen LogP contribution in [0, 0.1) is 0 Å². The topological polar surface area (TPSA) is 18.5 Å². The largest absolute Gasteiger partial charge is 0.490 e. The van der Waals surface area contributed by atoms with Gasteiger partial charge in [0.2, 0.25) is 0 Å². The predicted octanol–water partition coefficient (Wildman–Crippen LogP) is 11.0. The standard InChI is InChI=1S/C30H53BrO2/c1-3-5-7-9-11-13-15-17-19-21-25-32-29-24-23-28(31)27-30(29)33-26-22-20-18-16-14-12-10-8-6-4-2/h23-24,27H,3-22,25-26H2,1-2H3. The van der Waals surface area contributed by atoms with E-state index in [1.54, 1.807) is 0 Å². The smallest absolute Gasteiger partial charge is 0.162 e. The number of ether oxygens (including phenoxy) is 2. The van der Waals surface area contributed by atoms with E-state index in [-0.39, 0.29) is 0 Å². The Morgan fingerprint density at radius 3 is 1.27 bits per heavy atom. The van der Waals surface area contributed by atoms with Crippen LogP contribution >= 0.6 is 15.9 Å². The molecule has 0 fully saturated rings. The molecule has 33 heavy (non-hydrogen) atoms. The van der Waals surface area contributed by atoms with Crippen molar-refractivity contribution >= 4 is 15.9 Å². The van der Waals surface area contributed by atoms with Crippen molar-refractivity contribution < 1.29 is 9.47 Å². The highest BCUT2D eigenvalue weighted by Crippen LogP contribution is 2.31. The van der Waals surface area contributed by atoms with E-state index < -0.39 is 0 Å². The highest BCUT2D eigenvalue weighted by Gasteiger charge is 2.06. The molecule has 0 N–H and O–H groups in total. The van der Waals surface area contributed by atoms with Gasteiger partial charge in [0.15, 0.2) is 11.5 Å². The molecule has 0 spiro atoms. The maximum atomic E-state index is 6.09. The van der Waals surface area contributed by atoms with E-state index in [1.165, 1.54) is 116 Å². The minimum Gasteiger partial charge on any atom is -0.490 e. The van der Waals surface area contributed by atoms with Gasteiger partial charge in [-0.25, -0.2) is 0 Å². The summed E-state index contributed by atoms with van der Waals surface area (Å²) < 4.78 is 13.2. The van der Waals surface area contributed by atoms with Gasteiger partial charge in [-0.1, -0.05) is 145 Å². The van der Waals surface area contributed by atoms with E-state index in [2.05, 4.69) is 29.8 Å². The Hall–Kier alpha value is -0.700. The average Bonchev–Trinajstić information content (AvgIpc) is 2.82. The van der Waals surface area contributed by atoms with E-state index >= 15 is 0 Å². The molecule has 0 saturated carbocycles. The van der Waals surface area contributed by atoms with Gasteiger partial charge in [-0.2, -0.15) is 0 Å². The highest BCUT2D eigenvalue weighted by atomic mass is 79.9. The van der Waals surface area contributed by atoms with Crippen molar-refractivity contribution in [3.05, 3.63) is 22.7 Å². The molecule has 0 radical (unpaired) electrons. The molecule has 3 heteroatoms. The van der Waals surface area contributed by atoms with Crippen LogP contribution in [0.15, 0.2) is 22.7 Å². The lowest BCUT2D eigenvalue weighted by Crippen LogP contribution is -2.03. The number of rotatable bonds is 24. The molecule has 1 aromatic rings. The summed E-state index contributed by atoms with van der Waals surface area (Å²) in [5, 5.41) is 0. The highest BCUT2D eigenvalue weighted by molar-refractivity contribution is 9.10. The Morgan fingerprint density at radius 1 is 0.485 bits per heavy atom. The molecule has 1 aromatic carbocycles. The molecule has 2 nitrogen and oxygen atoms in total. The molecule has 0 aliphatic rings. The maximum absolute atomic E-state index is 6.09. The van der Waals surface area contributed by atoms with E-state index in [0.29, 0.717) is 0 Å². The van der Waals surface area contributed by atoms with Gasteiger partial charge in [-0.05, 0) is 31.0 Å². The summed E-state index contributed by atoms with van der Waals surface area (Å²) in [6.07, 6.45) is 27.0. The van der Waals surface area contributed by atoms with Gasteiger partial charge < -0.3 is 9.47 Å². The van der Waals surface area contributed by atoms with Gasteiger partial charge in [-0.3, -0.25) is 0 Å². The molecule has 0 aliphatic carbocycles. The van der Waals surface area contributed by atoms with Crippen molar-refractivity contribution in [3.63, 3.8) is 0 Å². The molecule has 0 saturated heterocycles. The second kappa shape index (κ2) is 23.1. The van der Waals surface area contributed by atoms with Crippen LogP contribution in [-0.4, -0.2) is 13.2 Å². The summed E-state index contributed by atoms with van der Waals surface area (Å²) in [4.78, 5) is 0. The van der Waals surface area contributed by atoms with E-state index in [1.807, 2.05) is 18.2 Å². The van der Waals surface area contributed by atoms with Crippen molar-refractivity contribution in [2.24, 2.45) is 0 Å². The van der Waals surface area contributed by atoms with Crippen LogP contribution in [0.25, 0.3) is 0 Å². The molecular formula is C30H53BrO2. The average molecular weight is 526 g/mol. The molecule has 192 valence electrons. The second-order valence-corrected chi connectivity index (χ2v) is 10.6. The fraction of sp³-hybridized carbons (Fsp3) is 0.800. The number of halogens is 1. The van der Waals surface area contributed by atoms with Crippen molar-refractivity contribution in [1.29, 1.82) is 0 Å². The molecule has 0 bridgehead atoms. The number of benzene rings is 1. The van der Waals surface area contributed by atoms with Crippen molar-refractivity contribution in [1.82, 2.24) is 0 Å². The number of hydrogen-bond donors (Lipinski definition) is 0. The Balaban J connectivity index is 2.07. The van der Waals surface area contributed by atoms with Crippen LogP contribution in [-0.2, 0) is 0 Å². The van der Waals surface area contributed by atoms with Crippen LogP contribution < -0.4 is 9.47 Å². The SMILES string of the molecule is CCCCCCCCCCCCOc1ccc(Br)cc1OCCCCCCCCCCCC. The quantitative estimate of drug-likeness (QED) is 0.125. The Labute approximate surface area is 214 Å². The van der Waals surface area contributed by atoms with Gasteiger partial charge in [0, 0.05) is 4.47 Å². The van der Waals surface area contributed by atoms with Crippen molar-refractivity contribution in [2.75, 3.05) is 13.2 Å². The summed E-state index contributed by atoms with van der Waals surface area (Å²) in [5.74, 6) is 1.77. The normalized spacial score (nSPS) is 11.1. The van der Waals surface area contributed by atoms with Crippen LogP contribution in [0.4, 0.5) is 0 Å². The predicted molar refractivity (Wildman–Crippen MR) is 149 cm³/mol. The zero-order valence-corrected chi connectivity index (χ0v) is 23.6. The van der Waals surface area contributed by atoms with E-state index in [4.69, 9.17) is 9.47 Å². The summed E-state index contributed by atoms with van der Waals surface area (Å²) in [7, 11) is 0. The fourth-order valence-corrected chi connectivity index (χ4v) is 4.60. The van der Waals surface area contributed by atoms with Gasteiger partial charge >= 0.3 is 0 Å². The zero-order valence-electron chi connectivity index (χ0n) is 22.0. The fourth-order valence-electron chi connectivity index (χ4n) is 4.26. The van der Waals surface area contributed by atoms with Gasteiger partial charge in [0.25, 0.3) is 0 Å². The summed E-state index contributed by atoms with van der Waals surface area (Å²) in [6, 6.07) is 6.12. The van der Waals surface area contributed by atoms with Crippen LogP contribution in [0.1, 0.15) is 142 Å². The third-order valence-electron chi connectivity index (χ3n) is 6.42. The summed E-state index contributed by atoms with van der Waals surface area (Å²) in [5.41, 5.74) is 0. The maximum Gasteiger partial charge on any atom is 0.162 e. The van der Waals surface area contributed by atoms with Crippen molar-refractivity contribution in [3.8, 4) is 11.5 Å². The van der Waals surface area contributed by atoms with Gasteiger partial charge in [0.1, 0.15) is 0 Å². The first-order valence-corrected chi connectivity index (χ1v) is 15.1. The molecule has 0 atom stereocenters. The molecule has 0 aromatic heterocycles. The van der Waals surface area contributed by atoms with Crippen LogP contribution in [0.3, 0.4) is 0 Å². The van der Waals surface area contributed by atoms with Crippen molar-refractivity contribution in [2.45, 2.75) is 142 Å². The minimum atomic E-state index is 0.779. The lowest BCUT2D eigenvalue weighted by Gasteiger charge is -2.13. The first kappa shape index (κ1) is 30.3. The van der Waals surface area contributed by atoms with Crippen LogP contribution in [0.5, 0.6) is 11.5 Å². The second-order valence-electron chi connectivity index (χ2n) is 9.65. The monoisotopic (exact) mass is 524 g/mol. The van der Waals surface area contributed by atoms with E-state index in [0.717, 1.165) is 42.0 Å². The van der Waals surface area contributed by atoms with Gasteiger partial charge in [0.05, 0.1) is 13.2 Å². The lowest BCUT2D eigenvalue weighted by atomic mass is 10.1. The molecule has 0 amide bonds. The molecule has 0 unspecified atom stereocenters. The van der Waals surface area contributed by atoms with E-state index in [9.17, 15) is 0 Å². The lowest BCUT2D eigenvalue weighted by molar-refractivity contribution is 0.258. The first-order valence-electron chi connectivity index (χ1n) is 14.3. The Morgan fingerprint density at radius 2 is 0.848 bits per heavy atom. The Bertz CT molecular complexity index is 546. The Kier molecular flexibility index (Phi) is 21.2. The third kappa shape index (κ3) is 18.3. The third-order valence-corrected chi connectivity index (χ3v) is 6.91.